The third-order valence-corrected chi connectivity index (χ3v) is 1.69. The van der Waals surface area contributed by atoms with E-state index in [0.717, 1.165) is 9.13 Å². The van der Waals surface area contributed by atoms with Crippen LogP contribution in [0.3, 0.4) is 0 Å². The molecule has 1 heterocycles. The largest absolute Gasteiger partial charge is 0.491 e. The van der Waals surface area contributed by atoms with E-state index in [1.54, 1.807) is 0 Å². The average molecular weight is 204 g/mol. The fraction of sp³-hybridized carbons (Fsp3) is 0.571. The second-order valence-electron chi connectivity index (χ2n) is 2.62. The molecular weight excluding hydrogens is 192 g/mol. The molecule has 80 valence electrons. The second-order valence-corrected chi connectivity index (χ2v) is 2.62. The minimum Gasteiger partial charge on any atom is -0.491 e. The first-order chi connectivity index (χ1) is 6.63. The van der Waals surface area contributed by atoms with Crippen molar-refractivity contribution in [2.24, 2.45) is 0 Å². The summed E-state index contributed by atoms with van der Waals surface area (Å²) in [6, 6.07) is 0. The molecule has 0 bridgehead atoms. The molecule has 7 heteroatoms. The molecule has 0 fully saturated rings. The fourth-order valence-corrected chi connectivity index (χ4v) is 1.06. The normalized spacial score (nSPS) is 10.7. The summed E-state index contributed by atoms with van der Waals surface area (Å²) in [5.74, 6) is -1.07. The van der Waals surface area contributed by atoms with Crippen molar-refractivity contribution in [1.82, 2.24) is 9.13 Å². The summed E-state index contributed by atoms with van der Waals surface area (Å²) in [5.41, 5.74) is -0.594. The summed E-state index contributed by atoms with van der Waals surface area (Å²) in [6.07, 6.45) is 0. The van der Waals surface area contributed by atoms with Gasteiger partial charge in [-0.1, -0.05) is 0 Å². The third-order valence-electron chi connectivity index (χ3n) is 1.69. The lowest BCUT2D eigenvalue weighted by molar-refractivity contribution is 0.110. The highest BCUT2D eigenvalue weighted by molar-refractivity contribution is 5.25. The van der Waals surface area contributed by atoms with Crippen molar-refractivity contribution in [2.45, 2.75) is 13.5 Å². The molecule has 1 aromatic heterocycles. The molecule has 0 spiro atoms. The van der Waals surface area contributed by atoms with Crippen LogP contribution < -0.4 is 5.69 Å². The number of imidazole rings is 1. The number of hydrogen-bond acceptors (Lipinski definition) is 5. The first-order valence-electron chi connectivity index (χ1n) is 3.82. The first kappa shape index (κ1) is 10.6. The quantitative estimate of drug-likeness (QED) is 0.675. The van der Waals surface area contributed by atoms with E-state index in [0.29, 0.717) is 0 Å². The van der Waals surface area contributed by atoms with Gasteiger partial charge in [-0.15, -0.1) is 0 Å². The molecule has 0 amide bonds. The maximum atomic E-state index is 11.4. The lowest BCUT2D eigenvalue weighted by atomic mass is 10.7. The topological polar surface area (TPSA) is 85.8 Å². The van der Waals surface area contributed by atoms with Gasteiger partial charge in [-0.2, -0.15) is 0 Å². The zero-order valence-corrected chi connectivity index (χ0v) is 7.93. The van der Waals surface area contributed by atoms with Crippen molar-refractivity contribution in [3.63, 3.8) is 0 Å². The highest BCUT2D eigenvalue weighted by Crippen LogP contribution is 2.22. The first-order valence-corrected chi connectivity index (χ1v) is 3.82. The number of rotatable bonds is 4. The Bertz CT molecular complexity index is 334. The molecule has 1 rings (SSSR count). The van der Waals surface area contributed by atoms with Crippen LogP contribution >= 0.6 is 0 Å². The minimum atomic E-state index is -0.594. The van der Waals surface area contributed by atoms with E-state index in [1.165, 1.54) is 14.2 Å². The summed E-state index contributed by atoms with van der Waals surface area (Å²) >= 11 is 0. The number of nitrogens with zero attached hydrogens (tertiary/aromatic N) is 2. The van der Waals surface area contributed by atoms with Crippen LogP contribution in [0.5, 0.6) is 11.8 Å². The Morgan fingerprint density at radius 3 is 1.71 bits per heavy atom. The number of ether oxygens (including phenoxy) is 2. The van der Waals surface area contributed by atoms with Gasteiger partial charge in [-0.3, -0.25) is 0 Å². The van der Waals surface area contributed by atoms with Gasteiger partial charge in [0.25, 0.3) is 11.8 Å². The molecule has 0 aliphatic heterocycles. The molecule has 0 atom stereocenters. The van der Waals surface area contributed by atoms with Crippen molar-refractivity contribution in [3.05, 3.63) is 10.5 Å². The predicted octanol–water partition coefficient (Wildman–Crippen LogP) is -0.731. The molecule has 0 aliphatic rings. The summed E-state index contributed by atoms with van der Waals surface area (Å²) < 4.78 is 11.1. The number of aromatic nitrogens is 2. The van der Waals surface area contributed by atoms with Crippen molar-refractivity contribution in [2.75, 3.05) is 14.2 Å². The van der Waals surface area contributed by atoms with Crippen LogP contribution in [-0.2, 0) is 22.9 Å². The Morgan fingerprint density at radius 1 is 1.07 bits per heavy atom. The molecule has 2 N–H and O–H groups in total. The van der Waals surface area contributed by atoms with Gasteiger partial charge < -0.3 is 19.7 Å². The van der Waals surface area contributed by atoms with Crippen LogP contribution in [0.25, 0.3) is 0 Å². The number of hydrogen-bond donors (Lipinski definition) is 2. The average Bonchev–Trinajstić information content (AvgIpc) is 2.36. The molecule has 0 saturated heterocycles. The van der Waals surface area contributed by atoms with Crippen LogP contribution in [0, 0.1) is 0 Å². The molecule has 0 aromatic carbocycles. The van der Waals surface area contributed by atoms with Crippen LogP contribution in [0.15, 0.2) is 4.79 Å². The summed E-state index contributed by atoms with van der Waals surface area (Å²) in [4.78, 5) is 11.4. The summed E-state index contributed by atoms with van der Waals surface area (Å²) in [7, 11) is 2.74. The minimum absolute atomic E-state index is 0.130. The van der Waals surface area contributed by atoms with Crippen molar-refractivity contribution in [3.8, 4) is 11.8 Å². The molecule has 14 heavy (non-hydrogen) atoms. The summed E-state index contributed by atoms with van der Waals surface area (Å²) in [6.45, 7) is -0.260. The number of aromatic hydroxyl groups is 2. The molecule has 0 saturated carbocycles. The lowest BCUT2D eigenvalue weighted by Gasteiger charge is -1.98. The van der Waals surface area contributed by atoms with Gasteiger partial charge in [0.1, 0.15) is 13.5 Å². The molecule has 0 aliphatic carbocycles. The standard InChI is InChI=1S/C7H12N2O5/c1-13-3-8-5(10)6(11)9(4-14-2)7(8)12/h10-11H,3-4H2,1-2H3. The van der Waals surface area contributed by atoms with Gasteiger partial charge in [-0.25, -0.2) is 13.9 Å². The second kappa shape index (κ2) is 4.16. The van der Waals surface area contributed by atoms with E-state index < -0.39 is 17.4 Å². The van der Waals surface area contributed by atoms with Crippen molar-refractivity contribution in [1.29, 1.82) is 0 Å². The Kier molecular flexibility index (Phi) is 3.15. The molecule has 1 aromatic rings. The van der Waals surface area contributed by atoms with Crippen LogP contribution in [-0.4, -0.2) is 33.6 Å². The predicted molar refractivity (Wildman–Crippen MR) is 46.0 cm³/mol. The maximum absolute atomic E-state index is 11.4. The zero-order valence-electron chi connectivity index (χ0n) is 7.93. The van der Waals surface area contributed by atoms with Crippen molar-refractivity contribution >= 4 is 0 Å². The van der Waals surface area contributed by atoms with E-state index in [4.69, 9.17) is 0 Å². The van der Waals surface area contributed by atoms with Gasteiger partial charge in [0.05, 0.1) is 0 Å². The maximum Gasteiger partial charge on any atom is 0.337 e. The zero-order chi connectivity index (χ0) is 10.7. The van der Waals surface area contributed by atoms with Gasteiger partial charge >= 0.3 is 5.69 Å². The van der Waals surface area contributed by atoms with E-state index in [2.05, 4.69) is 9.47 Å². The summed E-state index contributed by atoms with van der Waals surface area (Å²) in [5, 5.41) is 18.6. The van der Waals surface area contributed by atoms with Gasteiger partial charge in [-0.05, 0) is 0 Å². The SMILES string of the molecule is COCn1c(O)c(O)n(COC)c1=O. The van der Waals surface area contributed by atoms with E-state index in [9.17, 15) is 15.0 Å². The van der Waals surface area contributed by atoms with Crippen LogP contribution in [0.4, 0.5) is 0 Å². The Labute approximate surface area is 79.7 Å². The van der Waals surface area contributed by atoms with Crippen LogP contribution in [0.2, 0.25) is 0 Å². The molecule has 7 nitrogen and oxygen atoms in total. The molecule has 0 unspecified atom stereocenters. The monoisotopic (exact) mass is 204 g/mol. The molecular formula is C7H12N2O5. The van der Waals surface area contributed by atoms with Crippen molar-refractivity contribution < 1.29 is 19.7 Å². The third kappa shape index (κ3) is 1.59. The lowest BCUT2D eigenvalue weighted by Crippen LogP contribution is -2.25. The van der Waals surface area contributed by atoms with E-state index in [1.807, 2.05) is 0 Å². The Hall–Kier alpha value is -1.47. The Balaban J connectivity index is 3.19. The van der Waals surface area contributed by atoms with Gasteiger partial charge in [0.15, 0.2) is 0 Å². The Morgan fingerprint density at radius 2 is 1.43 bits per heavy atom. The van der Waals surface area contributed by atoms with Gasteiger partial charge in [0, 0.05) is 14.2 Å². The smallest absolute Gasteiger partial charge is 0.337 e. The highest BCUT2D eigenvalue weighted by atomic mass is 16.5. The fourth-order valence-electron chi connectivity index (χ4n) is 1.06. The van der Waals surface area contributed by atoms with Crippen LogP contribution in [0.1, 0.15) is 0 Å². The van der Waals surface area contributed by atoms with Gasteiger partial charge in [0.2, 0.25) is 0 Å². The molecule has 0 radical (unpaired) electrons. The van der Waals surface area contributed by atoms with E-state index in [-0.39, 0.29) is 13.5 Å². The van der Waals surface area contributed by atoms with E-state index >= 15 is 0 Å². The highest BCUT2D eigenvalue weighted by Gasteiger charge is 2.17. The number of methoxy groups -OCH3 is 2.